The van der Waals surface area contributed by atoms with E-state index < -0.39 is 11.5 Å². The van der Waals surface area contributed by atoms with E-state index in [0.717, 1.165) is 18.5 Å². The van der Waals surface area contributed by atoms with Crippen LogP contribution < -0.4 is 5.56 Å². The Morgan fingerprint density at radius 2 is 2.13 bits per heavy atom. The van der Waals surface area contributed by atoms with E-state index in [2.05, 4.69) is 0 Å². The highest BCUT2D eigenvalue weighted by molar-refractivity contribution is 5.87. The van der Waals surface area contributed by atoms with Gasteiger partial charge in [-0.2, -0.15) is 0 Å². The van der Waals surface area contributed by atoms with E-state index in [1.807, 2.05) is 0 Å². The third-order valence-corrected chi connectivity index (χ3v) is 3.10. The van der Waals surface area contributed by atoms with E-state index in [1.165, 1.54) is 17.1 Å². The molecule has 1 heterocycles. The van der Waals surface area contributed by atoms with Gasteiger partial charge in [0.25, 0.3) is 5.56 Å². The van der Waals surface area contributed by atoms with Crippen LogP contribution in [0.4, 0.5) is 0 Å². The van der Waals surface area contributed by atoms with Gasteiger partial charge >= 0.3 is 5.97 Å². The first-order valence-electron chi connectivity index (χ1n) is 5.04. The van der Waals surface area contributed by atoms with E-state index in [-0.39, 0.29) is 5.56 Å². The second kappa shape index (κ2) is 3.53. The molecule has 0 unspecified atom stereocenters. The van der Waals surface area contributed by atoms with Gasteiger partial charge in [-0.05, 0) is 30.9 Å². The maximum absolute atomic E-state index is 11.7. The summed E-state index contributed by atoms with van der Waals surface area (Å²) in [5.74, 6) is -0.721. The van der Waals surface area contributed by atoms with Crippen LogP contribution in [0.3, 0.4) is 0 Å². The average molecular weight is 207 g/mol. The van der Waals surface area contributed by atoms with Gasteiger partial charge in [-0.25, -0.2) is 4.79 Å². The molecule has 80 valence electrons. The highest BCUT2D eigenvalue weighted by atomic mass is 16.4. The fourth-order valence-electron chi connectivity index (χ4n) is 1.93. The molecule has 0 spiro atoms. The van der Waals surface area contributed by atoms with Crippen LogP contribution in [0.1, 0.15) is 41.2 Å². The normalized spacial score (nSPS) is 16.1. The molecule has 0 amide bonds. The average Bonchev–Trinajstić information content (AvgIpc) is 2.09. The quantitative estimate of drug-likeness (QED) is 0.796. The molecule has 0 bridgehead atoms. The van der Waals surface area contributed by atoms with Crippen LogP contribution in [0.25, 0.3) is 0 Å². The van der Waals surface area contributed by atoms with Gasteiger partial charge in [-0.3, -0.25) is 4.79 Å². The fourth-order valence-corrected chi connectivity index (χ4v) is 1.93. The second-order valence-corrected chi connectivity index (χ2v) is 3.97. The molecule has 0 aromatic carbocycles. The zero-order valence-corrected chi connectivity index (χ0v) is 8.56. The third kappa shape index (κ3) is 1.56. The summed E-state index contributed by atoms with van der Waals surface area (Å²) in [5, 5.41) is 8.78. The minimum atomic E-state index is -1.16. The lowest BCUT2D eigenvalue weighted by Crippen LogP contribution is -2.28. The van der Waals surface area contributed by atoms with Crippen molar-refractivity contribution < 1.29 is 9.90 Å². The first-order valence-corrected chi connectivity index (χ1v) is 5.04. The Morgan fingerprint density at radius 3 is 2.60 bits per heavy atom. The topological polar surface area (TPSA) is 59.3 Å². The number of aromatic carboxylic acids is 1. The summed E-state index contributed by atoms with van der Waals surface area (Å²) in [6, 6.07) is 3.17. The Balaban J connectivity index is 2.48. The molecule has 15 heavy (non-hydrogen) atoms. The number of aromatic nitrogens is 1. The van der Waals surface area contributed by atoms with Crippen molar-refractivity contribution in [2.75, 3.05) is 0 Å². The van der Waals surface area contributed by atoms with Crippen LogP contribution in [-0.4, -0.2) is 15.6 Å². The Labute approximate surface area is 87.2 Å². The zero-order valence-electron chi connectivity index (χ0n) is 8.56. The lowest BCUT2D eigenvalue weighted by atomic mass is 9.82. The van der Waals surface area contributed by atoms with Gasteiger partial charge in [0.1, 0.15) is 5.56 Å². The summed E-state index contributed by atoms with van der Waals surface area (Å²) in [4.78, 5) is 22.4. The van der Waals surface area contributed by atoms with Crippen molar-refractivity contribution in [3.8, 4) is 0 Å². The molecule has 1 aromatic heterocycles. The molecule has 2 rings (SSSR count). The van der Waals surface area contributed by atoms with Crippen molar-refractivity contribution >= 4 is 5.97 Å². The summed E-state index contributed by atoms with van der Waals surface area (Å²) < 4.78 is 1.47. The van der Waals surface area contributed by atoms with Crippen LogP contribution in [0.15, 0.2) is 16.9 Å². The third-order valence-electron chi connectivity index (χ3n) is 3.10. The second-order valence-electron chi connectivity index (χ2n) is 3.97. The smallest absolute Gasteiger partial charge is 0.341 e. The Kier molecular flexibility index (Phi) is 2.34. The minimum absolute atomic E-state index is 0.152. The van der Waals surface area contributed by atoms with E-state index in [4.69, 9.17) is 5.11 Å². The number of hydrogen-bond acceptors (Lipinski definition) is 2. The lowest BCUT2D eigenvalue weighted by Gasteiger charge is -2.27. The molecule has 1 saturated carbocycles. The molecule has 4 nitrogen and oxygen atoms in total. The Hall–Kier alpha value is -1.58. The van der Waals surface area contributed by atoms with Crippen molar-refractivity contribution in [3.05, 3.63) is 33.7 Å². The standard InChI is InChI=1S/C11H13NO3/c1-12-9(7-3-2-4-7)6-5-8(10(12)13)11(14)15/h5-7H,2-4H2,1H3,(H,14,15). The fraction of sp³-hybridized carbons (Fsp3) is 0.455. The van der Waals surface area contributed by atoms with Crippen molar-refractivity contribution in [2.45, 2.75) is 25.2 Å². The summed E-state index contributed by atoms with van der Waals surface area (Å²) in [6.07, 6.45) is 3.39. The molecule has 1 aliphatic carbocycles. The number of hydrogen-bond donors (Lipinski definition) is 1. The van der Waals surface area contributed by atoms with Gasteiger partial charge < -0.3 is 9.67 Å². The number of carboxylic acids is 1. The van der Waals surface area contributed by atoms with E-state index >= 15 is 0 Å². The van der Waals surface area contributed by atoms with Gasteiger partial charge in [0.2, 0.25) is 0 Å². The van der Waals surface area contributed by atoms with Crippen molar-refractivity contribution in [3.63, 3.8) is 0 Å². The molecule has 0 radical (unpaired) electrons. The summed E-state index contributed by atoms with van der Waals surface area (Å²) in [7, 11) is 1.64. The number of carbonyl (C=O) groups is 1. The van der Waals surface area contributed by atoms with Gasteiger partial charge in [0.15, 0.2) is 0 Å². The molecule has 1 aromatic rings. The van der Waals surface area contributed by atoms with Crippen LogP contribution in [0, 0.1) is 0 Å². The van der Waals surface area contributed by atoms with Crippen LogP contribution in [0.2, 0.25) is 0 Å². The van der Waals surface area contributed by atoms with Crippen molar-refractivity contribution in [1.82, 2.24) is 4.57 Å². The zero-order chi connectivity index (χ0) is 11.0. The number of pyridine rings is 1. The summed E-state index contributed by atoms with van der Waals surface area (Å²) in [5.41, 5.74) is 0.392. The maximum atomic E-state index is 11.7. The first-order chi connectivity index (χ1) is 7.11. The minimum Gasteiger partial charge on any atom is -0.477 e. The highest BCUT2D eigenvalue weighted by Crippen LogP contribution is 2.35. The molecule has 1 aliphatic rings. The molecule has 0 aliphatic heterocycles. The number of nitrogens with zero attached hydrogens (tertiary/aromatic N) is 1. The van der Waals surface area contributed by atoms with Crippen molar-refractivity contribution in [2.24, 2.45) is 7.05 Å². The predicted molar refractivity (Wildman–Crippen MR) is 55.2 cm³/mol. The van der Waals surface area contributed by atoms with Crippen LogP contribution >= 0.6 is 0 Å². The molecular weight excluding hydrogens is 194 g/mol. The van der Waals surface area contributed by atoms with E-state index in [1.54, 1.807) is 13.1 Å². The predicted octanol–water partition coefficient (Wildman–Crippen LogP) is 1.35. The van der Waals surface area contributed by atoms with Crippen LogP contribution in [-0.2, 0) is 7.05 Å². The molecule has 4 heteroatoms. The number of carboxylic acid groups (broad SMARTS) is 1. The molecule has 0 saturated heterocycles. The number of rotatable bonds is 2. The van der Waals surface area contributed by atoms with Gasteiger partial charge in [-0.1, -0.05) is 6.42 Å². The van der Waals surface area contributed by atoms with Crippen LogP contribution in [0.5, 0.6) is 0 Å². The van der Waals surface area contributed by atoms with Gasteiger partial charge in [0.05, 0.1) is 0 Å². The largest absolute Gasteiger partial charge is 0.477 e. The molecular formula is C11H13NO3. The Bertz CT molecular complexity index is 457. The SMILES string of the molecule is Cn1c(C2CCC2)ccc(C(=O)O)c1=O. The molecule has 0 atom stereocenters. The van der Waals surface area contributed by atoms with E-state index in [0.29, 0.717) is 5.92 Å². The maximum Gasteiger partial charge on any atom is 0.341 e. The Morgan fingerprint density at radius 1 is 1.47 bits per heavy atom. The van der Waals surface area contributed by atoms with Gasteiger partial charge in [-0.15, -0.1) is 0 Å². The van der Waals surface area contributed by atoms with E-state index in [9.17, 15) is 9.59 Å². The van der Waals surface area contributed by atoms with Crippen molar-refractivity contribution in [1.29, 1.82) is 0 Å². The first kappa shape index (κ1) is 9.96. The molecule has 1 N–H and O–H groups in total. The molecule has 1 fully saturated rings. The highest BCUT2D eigenvalue weighted by Gasteiger charge is 2.23. The summed E-state index contributed by atoms with van der Waals surface area (Å²) in [6.45, 7) is 0. The monoisotopic (exact) mass is 207 g/mol. The van der Waals surface area contributed by atoms with Gasteiger partial charge in [0, 0.05) is 12.7 Å². The summed E-state index contributed by atoms with van der Waals surface area (Å²) >= 11 is 0. The lowest BCUT2D eigenvalue weighted by molar-refractivity contribution is 0.0694.